The summed E-state index contributed by atoms with van der Waals surface area (Å²) in [6.07, 6.45) is 2.33. The lowest BCUT2D eigenvalue weighted by Gasteiger charge is -2.20. The summed E-state index contributed by atoms with van der Waals surface area (Å²) in [5.74, 6) is 1.50. The number of hydrazone groups is 1. The zero-order valence-corrected chi connectivity index (χ0v) is 20.4. The Morgan fingerprint density at radius 3 is 2.53 bits per heavy atom. The highest BCUT2D eigenvalue weighted by Crippen LogP contribution is 2.32. The fourth-order valence-corrected chi connectivity index (χ4v) is 4.38. The number of carbonyl (C=O) groups is 1. The molecule has 0 aliphatic carbocycles. The van der Waals surface area contributed by atoms with E-state index in [1.54, 1.807) is 31.4 Å². The molecule has 8 nitrogen and oxygen atoms in total. The van der Waals surface area contributed by atoms with E-state index >= 15 is 0 Å². The van der Waals surface area contributed by atoms with Crippen molar-refractivity contribution >= 4 is 39.8 Å². The minimum absolute atomic E-state index is 0.00823. The van der Waals surface area contributed by atoms with Crippen LogP contribution in [-0.2, 0) is 4.79 Å². The first kappa shape index (κ1) is 23.6. The Bertz CT molecular complexity index is 1220. The lowest BCUT2D eigenvalue weighted by molar-refractivity contribution is -0.114. The van der Waals surface area contributed by atoms with Gasteiger partial charge >= 0.3 is 0 Å². The largest absolute Gasteiger partial charge is 0.493 e. The van der Waals surface area contributed by atoms with Crippen LogP contribution >= 0.6 is 11.8 Å². The number of ether oxygens (including phenoxy) is 3. The fraction of sp³-hybridized carbons (Fsp3) is 0.280. The van der Waals surface area contributed by atoms with Gasteiger partial charge in [-0.1, -0.05) is 31.2 Å². The van der Waals surface area contributed by atoms with Crippen LogP contribution in [0.3, 0.4) is 0 Å². The van der Waals surface area contributed by atoms with E-state index in [0.29, 0.717) is 35.4 Å². The molecule has 0 atom stereocenters. The lowest BCUT2D eigenvalue weighted by Crippen LogP contribution is -2.35. The van der Waals surface area contributed by atoms with E-state index in [1.165, 1.54) is 16.8 Å². The van der Waals surface area contributed by atoms with Gasteiger partial charge in [0.1, 0.15) is 24.0 Å². The van der Waals surface area contributed by atoms with Crippen molar-refractivity contribution in [2.24, 2.45) is 10.1 Å². The zero-order chi connectivity index (χ0) is 24.2. The highest BCUT2D eigenvalue weighted by Gasteiger charge is 2.35. The highest BCUT2D eigenvalue weighted by molar-refractivity contribution is 8.26. The average molecular weight is 479 g/mol. The quantitative estimate of drug-likeness (QED) is 0.432. The number of nitrogens with zero attached hydrogens (tertiary/aromatic N) is 3. The molecule has 0 saturated carbocycles. The Hall–Kier alpha value is -3.59. The number of amides is 1. The summed E-state index contributed by atoms with van der Waals surface area (Å²) < 4.78 is 17.2. The minimum atomic E-state index is -0.459. The van der Waals surface area contributed by atoms with E-state index in [1.807, 2.05) is 39.0 Å². The van der Waals surface area contributed by atoms with E-state index in [9.17, 15) is 4.79 Å². The second-order valence-electron chi connectivity index (χ2n) is 7.70. The van der Waals surface area contributed by atoms with Crippen molar-refractivity contribution in [3.8, 4) is 17.2 Å². The number of hydrogen-bond donors (Lipinski definition) is 1. The number of nitrogens with one attached hydrogen (secondary N) is 1. The molecule has 2 aliphatic rings. The Balaban J connectivity index is 1.45. The maximum absolute atomic E-state index is 12.5. The van der Waals surface area contributed by atoms with Crippen molar-refractivity contribution in [1.82, 2.24) is 5.01 Å². The molecule has 2 heterocycles. The molecule has 4 rings (SSSR count). The van der Waals surface area contributed by atoms with Crippen molar-refractivity contribution in [2.75, 3.05) is 20.3 Å². The van der Waals surface area contributed by atoms with Gasteiger partial charge in [-0.3, -0.25) is 10.2 Å². The van der Waals surface area contributed by atoms with Crippen LogP contribution < -0.4 is 14.2 Å². The molecule has 1 N–H and O–H groups in total. The predicted octanol–water partition coefficient (Wildman–Crippen LogP) is 4.80. The summed E-state index contributed by atoms with van der Waals surface area (Å²) in [4.78, 5) is 16.6. The van der Waals surface area contributed by atoms with Gasteiger partial charge < -0.3 is 14.2 Å². The first-order valence-corrected chi connectivity index (χ1v) is 11.7. The van der Waals surface area contributed by atoms with Gasteiger partial charge in [0.15, 0.2) is 17.3 Å². The van der Waals surface area contributed by atoms with Crippen LogP contribution in [0.1, 0.15) is 30.0 Å². The molecule has 0 fully saturated rings. The average Bonchev–Trinajstić information content (AvgIpc) is 3.24. The monoisotopic (exact) mass is 478 g/mol. The second-order valence-corrected chi connectivity index (χ2v) is 8.74. The Morgan fingerprint density at radius 2 is 1.82 bits per heavy atom. The van der Waals surface area contributed by atoms with Crippen LogP contribution in [0.2, 0.25) is 0 Å². The third-order valence-electron chi connectivity index (χ3n) is 5.29. The predicted molar refractivity (Wildman–Crippen MR) is 135 cm³/mol. The maximum Gasteiger partial charge on any atom is 0.283 e. The Morgan fingerprint density at radius 1 is 1.09 bits per heavy atom. The van der Waals surface area contributed by atoms with Gasteiger partial charge in [-0.05, 0) is 66.9 Å². The topological polar surface area (TPSA) is 96.6 Å². The summed E-state index contributed by atoms with van der Waals surface area (Å²) in [6, 6.07) is 11.4. The van der Waals surface area contributed by atoms with Crippen LogP contribution in [0.25, 0.3) is 6.08 Å². The Kier molecular flexibility index (Phi) is 7.02. The van der Waals surface area contributed by atoms with Gasteiger partial charge in [0.05, 0.1) is 12.7 Å². The summed E-state index contributed by atoms with van der Waals surface area (Å²) in [7, 11) is 1.55. The van der Waals surface area contributed by atoms with Gasteiger partial charge in [0, 0.05) is 0 Å². The van der Waals surface area contributed by atoms with E-state index < -0.39 is 5.91 Å². The van der Waals surface area contributed by atoms with Crippen molar-refractivity contribution in [3.63, 3.8) is 0 Å². The summed E-state index contributed by atoms with van der Waals surface area (Å²) in [6.45, 7) is 6.73. The van der Waals surface area contributed by atoms with Crippen LogP contribution in [0.5, 0.6) is 17.2 Å². The molecular formula is C25H26N4O4S. The van der Waals surface area contributed by atoms with Crippen molar-refractivity contribution in [2.45, 2.75) is 27.2 Å². The molecule has 2 aromatic carbocycles. The number of thioether (sulfide) groups is 1. The number of fused-ring (bicyclic) bond motifs is 1. The number of rotatable bonds is 8. The first-order valence-electron chi connectivity index (χ1n) is 10.9. The van der Waals surface area contributed by atoms with E-state index in [-0.39, 0.29) is 11.4 Å². The van der Waals surface area contributed by atoms with Crippen LogP contribution in [0, 0.1) is 19.3 Å². The highest BCUT2D eigenvalue weighted by atomic mass is 32.2. The molecule has 0 aromatic heterocycles. The number of hydrogen-bond acceptors (Lipinski definition) is 7. The van der Waals surface area contributed by atoms with Gasteiger partial charge in [-0.15, -0.1) is 0 Å². The maximum atomic E-state index is 12.5. The third kappa shape index (κ3) is 4.84. The van der Waals surface area contributed by atoms with E-state index in [2.05, 4.69) is 10.1 Å². The smallest absolute Gasteiger partial charge is 0.283 e. The van der Waals surface area contributed by atoms with Crippen molar-refractivity contribution < 1.29 is 19.0 Å². The number of carbonyl (C=O) groups excluding carboxylic acids is 1. The molecule has 2 aromatic rings. The SMILES string of the molecule is CCC1=NN2C(=N)/C(=C/c3ccc(OCCOc4c(C)cccc4C)c(OC)c3)C(=O)N=C2S1. The molecule has 176 valence electrons. The number of methoxy groups -OCH3 is 1. The molecule has 0 bridgehead atoms. The molecule has 0 saturated heterocycles. The molecule has 0 radical (unpaired) electrons. The van der Waals surface area contributed by atoms with Crippen LogP contribution in [0.15, 0.2) is 52.1 Å². The fourth-order valence-electron chi connectivity index (χ4n) is 3.56. The van der Waals surface area contributed by atoms with Crippen LogP contribution in [-0.4, -0.2) is 47.3 Å². The summed E-state index contributed by atoms with van der Waals surface area (Å²) in [5, 5.41) is 15.5. The number of para-hydroxylation sites is 1. The zero-order valence-electron chi connectivity index (χ0n) is 19.5. The molecule has 34 heavy (non-hydrogen) atoms. The number of aliphatic imine (C=N–C) groups is 1. The molecular weight excluding hydrogens is 452 g/mol. The first-order chi connectivity index (χ1) is 16.4. The van der Waals surface area contributed by atoms with Gasteiger partial charge in [0.2, 0.25) is 5.17 Å². The standard InChI is InChI=1S/C25H26N4O4S/c1-5-21-28-29-23(26)18(24(30)27-25(29)34-21)13-17-9-10-19(20(14-17)31-4)32-11-12-33-22-15(2)7-6-8-16(22)3/h6-10,13-14,26H,5,11-12H2,1-4H3/b18-13-,26-23?. The minimum Gasteiger partial charge on any atom is -0.493 e. The third-order valence-corrected chi connectivity index (χ3v) is 6.35. The molecule has 1 amide bonds. The van der Waals surface area contributed by atoms with Gasteiger partial charge in [0.25, 0.3) is 5.91 Å². The molecule has 2 aliphatic heterocycles. The number of benzene rings is 2. The number of amidine groups is 2. The normalized spacial score (nSPS) is 16.4. The second kappa shape index (κ2) is 10.1. The van der Waals surface area contributed by atoms with Crippen molar-refractivity contribution in [1.29, 1.82) is 5.41 Å². The molecule has 9 heteroatoms. The molecule has 0 unspecified atom stereocenters. The molecule has 0 spiro atoms. The lowest BCUT2D eigenvalue weighted by atomic mass is 10.1. The van der Waals surface area contributed by atoms with Gasteiger partial charge in [-0.2, -0.15) is 15.1 Å². The Labute approximate surface area is 202 Å². The number of aryl methyl sites for hydroxylation is 2. The van der Waals surface area contributed by atoms with Crippen molar-refractivity contribution in [3.05, 3.63) is 58.7 Å². The summed E-state index contributed by atoms with van der Waals surface area (Å²) >= 11 is 1.32. The van der Waals surface area contributed by atoms with Gasteiger partial charge in [-0.25, -0.2) is 0 Å². The summed E-state index contributed by atoms with van der Waals surface area (Å²) in [5.41, 5.74) is 3.02. The van der Waals surface area contributed by atoms with E-state index in [4.69, 9.17) is 19.6 Å². The van der Waals surface area contributed by atoms with Crippen LogP contribution in [0.4, 0.5) is 0 Å². The van der Waals surface area contributed by atoms with E-state index in [0.717, 1.165) is 28.3 Å².